The number of nitrogens with one attached hydrogen (secondary N) is 2. The summed E-state index contributed by atoms with van der Waals surface area (Å²) in [4.78, 5) is 12.1. The lowest BCUT2D eigenvalue weighted by molar-refractivity contribution is -0.122. The third-order valence-electron chi connectivity index (χ3n) is 3.60. The number of carbonyl (C=O) groups is 1. The van der Waals surface area contributed by atoms with Gasteiger partial charge in [-0.1, -0.05) is 25.1 Å². The Hall–Kier alpha value is -1.55. The van der Waals surface area contributed by atoms with E-state index in [0.29, 0.717) is 0 Å². The van der Waals surface area contributed by atoms with E-state index < -0.39 is 0 Å². The lowest BCUT2D eigenvalue weighted by atomic mass is 10.0. The molecule has 0 radical (unpaired) electrons. The highest BCUT2D eigenvalue weighted by Crippen LogP contribution is 2.25. The summed E-state index contributed by atoms with van der Waals surface area (Å²) in [6.07, 6.45) is 0.724. The molecule has 1 aliphatic heterocycles. The molecule has 2 rings (SSSR count). The van der Waals surface area contributed by atoms with Gasteiger partial charge in [0.15, 0.2) is 0 Å². The van der Waals surface area contributed by atoms with Crippen LogP contribution in [0.1, 0.15) is 19.4 Å². The standard InChI is InChI=1S/C14H20N2O2/c1-9(8-17)10(2)15-14(18)13-7-11-5-3-4-6-12(11)16-13/h3-6,9-10,13,16-17H,7-8H2,1-2H3,(H,15,18). The summed E-state index contributed by atoms with van der Waals surface area (Å²) in [5, 5.41) is 15.2. The van der Waals surface area contributed by atoms with Crippen molar-refractivity contribution in [1.29, 1.82) is 0 Å². The van der Waals surface area contributed by atoms with Crippen molar-refractivity contribution in [2.75, 3.05) is 11.9 Å². The minimum absolute atomic E-state index is 0.000926. The highest BCUT2D eigenvalue weighted by molar-refractivity contribution is 5.87. The number of rotatable bonds is 4. The average Bonchev–Trinajstić information content (AvgIpc) is 2.81. The SMILES string of the molecule is CC(CO)C(C)NC(=O)C1Cc2ccccc2N1. The van der Waals surface area contributed by atoms with Gasteiger partial charge in [-0.2, -0.15) is 0 Å². The molecule has 1 amide bonds. The summed E-state index contributed by atoms with van der Waals surface area (Å²) in [6, 6.07) is 7.75. The van der Waals surface area contributed by atoms with Crippen LogP contribution in [-0.4, -0.2) is 29.7 Å². The summed E-state index contributed by atoms with van der Waals surface area (Å²) < 4.78 is 0. The largest absolute Gasteiger partial charge is 0.396 e. The first-order valence-corrected chi connectivity index (χ1v) is 6.37. The van der Waals surface area contributed by atoms with Crippen molar-refractivity contribution in [3.8, 4) is 0 Å². The van der Waals surface area contributed by atoms with Crippen molar-refractivity contribution in [2.45, 2.75) is 32.4 Å². The topological polar surface area (TPSA) is 61.4 Å². The molecule has 0 fully saturated rings. The van der Waals surface area contributed by atoms with Crippen LogP contribution in [-0.2, 0) is 11.2 Å². The zero-order chi connectivity index (χ0) is 13.1. The number of anilines is 1. The molecule has 0 saturated heterocycles. The van der Waals surface area contributed by atoms with Gasteiger partial charge in [-0.25, -0.2) is 0 Å². The Balaban J connectivity index is 1.93. The smallest absolute Gasteiger partial charge is 0.243 e. The predicted octanol–water partition coefficient (Wildman–Crippen LogP) is 1.16. The molecule has 18 heavy (non-hydrogen) atoms. The number of hydrogen-bond donors (Lipinski definition) is 3. The van der Waals surface area contributed by atoms with Crippen LogP contribution in [0.5, 0.6) is 0 Å². The molecule has 1 aromatic rings. The number of benzene rings is 1. The van der Waals surface area contributed by atoms with E-state index in [1.54, 1.807) is 0 Å². The third kappa shape index (κ3) is 2.64. The Morgan fingerprint density at radius 1 is 1.50 bits per heavy atom. The first-order chi connectivity index (χ1) is 8.61. The van der Waals surface area contributed by atoms with Crippen molar-refractivity contribution in [2.24, 2.45) is 5.92 Å². The zero-order valence-corrected chi connectivity index (χ0v) is 10.8. The van der Waals surface area contributed by atoms with Crippen molar-refractivity contribution in [1.82, 2.24) is 5.32 Å². The Morgan fingerprint density at radius 3 is 2.89 bits per heavy atom. The van der Waals surface area contributed by atoms with Gasteiger partial charge in [0.05, 0.1) is 0 Å². The number of carbonyl (C=O) groups excluding carboxylic acids is 1. The molecule has 4 heteroatoms. The first kappa shape index (κ1) is 12.9. The number of para-hydroxylation sites is 1. The number of aliphatic hydroxyl groups excluding tert-OH is 1. The Morgan fingerprint density at radius 2 is 2.22 bits per heavy atom. The van der Waals surface area contributed by atoms with E-state index in [-0.39, 0.29) is 30.5 Å². The van der Waals surface area contributed by atoms with Gasteiger partial charge >= 0.3 is 0 Å². The van der Waals surface area contributed by atoms with E-state index in [0.717, 1.165) is 12.1 Å². The molecule has 98 valence electrons. The third-order valence-corrected chi connectivity index (χ3v) is 3.60. The fraction of sp³-hybridized carbons (Fsp3) is 0.500. The van der Waals surface area contributed by atoms with Crippen LogP contribution in [0.4, 0.5) is 5.69 Å². The highest BCUT2D eigenvalue weighted by atomic mass is 16.3. The van der Waals surface area contributed by atoms with Crippen LogP contribution in [0, 0.1) is 5.92 Å². The minimum Gasteiger partial charge on any atom is -0.396 e. The van der Waals surface area contributed by atoms with Crippen LogP contribution in [0.15, 0.2) is 24.3 Å². The second-order valence-electron chi connectivity index (χ2n) is 5.02. The fourth-order valence-electron chi connectivity index (χ4n) is 2.08. The van der Waals surface area contributed by atoms with Gasteiger partial charge in [0, 0.05) is 24.8 Å². The van der Waals surface area contributed by atoms with Crippen molar-refractivity contribution >= 4 is 11.6 Å². The number of hydrogen-bond acceptors (Lipinski definition) is 3. The van der Waals surface area contributed by atoms with Crippen LogP contribution in [0.3, 0.4) is 0 Å². The molecule has 1 heterocycles. The van der Waals surface area contributed by atoms with E-state index >= 15 is 0 Å². The molecule has 0 aliphatic carbocycles. The lowest BCUT2D eigenvalue weighted by Gasteiger charge is -2.21. The van der Waals surface area contributed by atoms with Gasteiger partial charge in [0.2, 0.25) is 5.91 Å². The second-order valence-corrected chi connectivity index (χ2v) is 5.02. The van der Waals surface area contributed by atoms with Crippen LogP contribution in [0.2, 0.25) is 0 Å². The molecule has 3 unspecified atom stereocenters. The first-order valence-electron chi connectivity index (χ1n) is 6.37. The molecule has 1 aliphatic rings. The molecule has 3 N–H and O–H groups in total. The molecule has 0 saturated carbocycles. The highest BCUT2D eigenvalue weighted by Gasteiger charge is 2.27. The predicted molar refractivity (Wildman–Crippen MR) is 71.4 cm³/mol. The molecule has 1 aromatic carbocycles. The van der Waals surface area contributed by atoms with Crippen LogP contribution in [0.25, 0.3) is 0 Å². The Bertz CT molecular complexity index is 409. The summed E-state index contributed by atoms with van der Waals surface area (Å²) >= 11 is 0. The van der Waals surface area contributed by atoms with Gasteiger partial charge in [0.1, 0.15) is 6.04 Å². The quantitative estimate of drug-likeness (QED) is 0.749. The molecule has 0 bridgehead atoms. The van der Waals surface area contributed by atoms with Gasteiger partial charge in [-0.05, 0) is 24.5 Å². The zero-order valence-electron chi connectivity index (χ0n) is 10.8. The second kappa shape index (κ2) is 5.40. The molecule has 0 aromatic heterocycles. The van der Waals surface area contributed by atoms with Gasteiger partial charge in [-0.3, -0.25) is 4.79 Å². The molecule has 4 nitrogen and oxygen atoms in total. The minimum atomic E-state index is -0.198. The molecule has 0 spiro atoms. The number of amides is 1. The van der Waals surface area contributed by atoms with Crippen molar-refractivity contribution in [3.05, 3.63) is 29.8 Å². The average molecular weight is 248 g/mol. The maximum Gasteiger partial charge on any atom is 0.243 e. The maximum absolute atomic E-state index is 12.1. The van der Waals surface area contributed by atoms with Gasteiger partial charge in [0.25, 0.3) is 0 Å². The Labute approximate surface area is 107 Å². The van der Waals surface area contributed by atoms with E-state index in [1.165, 1.54) is 5.56 Å². The molecule has 3 atom stereocenters. The van der Waals surface area contributed by atoms with E-state index in [9.17, 15) is 4.79 Å². The summed E-state index contributed by atoms with van der Waals surface area (Å²) in [6.45, 7) is 3.92. The normalized spacial score (nSPS) is 20.7. The fourth-order valence-corrected chi connectivity index (χ4v) is 2.08. The van der Waals surface area contributed by atoms with Gasteiger partial charge < -0.3 is 15.7 Å². The monoisotopic (exact) mass is 248 g/mol. The lowest BCUT2D eigenvalue weighted by Crippen LogP contribution is -2.45. The summed E-state index contributed by atoms with van der Waals surface area (Å²) in [7, 11) is 0. The molecular formula is C14H20N2O2. The Kier molecular flexibility index (Phi) is 3.87. The number of aliphatic hydroxyl groups is 1. The van der Waals surface area contributed by atoms with E-state index in [2.05, 4.69) is 10.6 Å². The van der Waals surface area contributed by atoms with E-state index in [4.69, 9.17) is 5.11 Å². The van der Waals surface area contributed by atoms with Crippen LogP contribution < -0.4 is 10.6 Å². The van der Waals surface area contributed by atoms with Gasteiger partial charge in [-0.15, -0.1) is 0 Å². The summed E-state index contributed by atoms with van der Waals surface area (Å²) in [5.74, 6) is 0.0664. The van der Waals surface area contributed by atoms with Crippen molar-refractivity contribution in [3.63, 3.8) is 0 Å². The van der Waals surface area contributed by atoms with E-state index in [1.807, 2.05) is 38.1 Å². The summed E-state index contributed by atoms with van der Waals surface area (Å²) in [5.41, 5.74) is 2.22. The molecular weight excluding hydrogens is 228 g/mol. The maximum atomic E-state index is 12.1. The van der Waals surface area contributed by atoms with Crippen LogP contribution >= 0.6 is 0 Å². The van der Waals surface area contributed by atoms with Crippen molar-refractivity contribution < 1.29 is 9.90 Å². The number of fused-ring (bicyclic) bond motifs is 1.